The molecule has 0 atom stereocenters. The molecule has 1 aliphatic rings. The van der Waals surface area contributed by atoms with E-state index in [0.29, 0.717) is 0 Å². The van der Waals surface area contributed by atoms with Crippen LogP contribution in [-0.2, 0) is 9.47 Å². The molecular formula is C16H13O2. The molecule has 3 rings (SSSR count). The maximum Gasteiger partial charge on any atom is 0.266 e. The molecule has 89 valence electrons. The molecule has 2 aromatic rings. The molecule has 0 amide bonds. The van der Waals surface area contributed by atoms with Gasteiger partial charge in [-0.05, 0) is 29.7 Å². The molecule has 2 heteroatoms. The predicted octanol–water partition coefficient (Wildman–Crippen LogP) is 3.98. The van der Waals surface area contributed by atoms with Gasteiger partial charge in [0, 0.05) is 5.56 Å². The lowest BCUT2D eigenvalue weighted by atomic mass is 9.96. The van der Waals surface area contributed by atoms with Crippen LogP contribution in [0.15, 0.2) is 55.0 Å². The first kappa shape index (κ1) is 10.9. The Morgan fingerprint density at radius 2 is 1.67 bits per heavy atom. The van der Waals surface area contributed by atoms with Crippen LogP contribution in [-0.4, -0.2) is 0 Å². The van der Waals surface area contributed by atoms with E-state index in [9.17, 15) is 0 Å². The first-order valence-corrected chi connectivity index (χ1v) is 5.89. The Bertz CT molecular complexity index is 579. The number of rotatable bonds is 2. The molecule has 0 N–H and O–H groups in total. The van der Waals surface area contributed by atoms with Crippen LogP contribution < -0.4 is 0 Å². The Morgan fingerprint density at radius 3 is 2.44 bits per heavy atom. The first-order chi connectivity index (χ1) is 8.86. The minimum absolute atomic E-state index is 0.346. The maximum absolute atomic E-state index is 5.43. The van der Waals surface area contributed by atoms with Gasteiger partial charge in [0.2, 0.25) is 0 Å². The van der Waals surface area contributed by atoms with Gasteiger partial charge in [-0.25, -0.2) is 0 Å². The zero-order valence-electron chi connectivity index (χ0n) is 10.1. The molecule has 18 heavy (non-hydrogen) atoms. The summed E-state index contributed by atoms with van der Waals surface area (Å²) in [6, 6.07) is 17.3. The molecule has 1 heterocycles. The van der Waals surface area contributed by atoms with Gasteiger partial charge in [0.25, 0.3) is 6.29 Å². The van der Waals surface area contributed by atoms with E-state index in [-0.39, 0.29) is 6.29 Å². The third-order valence-corrected chi connectivity index (χ3v) is 3.03. The second kappa shape index (κ2) is 4.57. The Kier molecular flexibility index (Phi) is 2.77. The monoisotopic (exact) mass is 237 g/mol. The third kappa shape index (κ3) is 1.86. The van der Waals surface area contributed by atoms with E-state index in [1.165, 1.54) is 0 Å². The van der Waals surface area contributed by atoms with E-state index in [0.717, 1.165) is 22.3 Å². The van der Waals surface area contributed by atoms with Crippen molar-refractivity contribution >= 4 is 0 Å². The van der Waals surface area contributed by atoms with Crippen molar-refractivity contribution in [2.24, 2.45) is 0 Å². The fourth-order valence-electron chi connectivity index (χ4n) is 2.15. The highest BCUT2D eigenvalue weighted by Gasteiger charge is 2.20. The van der Waals surface area contributed by atoms with Gasteiger partial charge in [-0.1, -0.05) is 42.5 Å². The van der Waals surface area contributed by atoms with E-state index in [2.05, 4.69) is 25.1 Å². The summed E-state index contributed by atoms with van der Waals surface area (Å²) in [4.78, 5) is 0. The molecule has 0 aromatic heterocycles. The van der Waals surface area contributed by atoms with E-state index in [1.807, 2.05) is 30.3 Å². The fourth-order valence-corrected chi connectivity index (χ4v) is 2.15. The predicted molar refractivity (Wildman–Crippen MR) is 69.5 cm³/mol. The lowest BCUT2D eigenvalue weighted by Gasteiger charge is -2.16. The van der Waals surface area contributed by atoms with Crippen molar-refractivity contribution in [3.63, 3.8) is 0 Å². The van der Waals surface area contributed by atoms with E-state index in [1.54, 1.807) is 12.5 Å². The van der Waals surface area contributed by atoms with Crippen molar-refractivity contribution in [3.05, 3.63) is 72.2 Å². The molecule has 1 aliphatic heterocycles. The lowest BCUT2D eigenvalue weighted by molar-refractivity contribution is -0.0241. The van der Waals surface area contributed by atoms with Crippen LogP contribution in [0.2, 0.25) is 0 Å². The summed E-state index contributed by atoms with van der Waals surface area (Å²) in [7, 11) is 0. The number of ether oxygens (including phenoxy) is 2. The minimum atomic E-state index is -0.346. The number of benzene rings is 2. The smallest absolute Gasteiger partial charge is 0.266 e. The van der Waals surface area contributed by atoms with Crippen LogP contribution in [0.1, 0.15) is 17.4 Å². The van der Waals surface area contributed by atoms with Gasteiger partial charge in [-0.2, -0.15) is 0 Å². The van der Waals surface area contributed by atoms with E-state index < -0.39 is 0 Å². The molecule has 0 saturated carbocycles. The molecule has 0 bridgehead atoms. The van der Waals surface area contributed by atoms with Crippen molar-refractivity contribution in [1.29, 1.82) is 0 Å². The molecular weight excluding hydrogens is 224 g/mol. The number of hydrogen-bond acceptors (Lipinski definition) is 2. The summed E-state index contributed by atoms with van der Waals surface area (Å²) in [5, 5.41) is 0. The SMILES string of the molecule is Cc1[c]cccc1-c1ccccc1C1OC=CO1. The Hall–Kier alpha value is -2.22. The Balaban J connectivity index is 2.09. The van der Waals surface area contributed by atoms with Crippen LogP contribution >= 0.6 is 0 Å². The average Bonchev–Trinajstić information content (AvgIpc) is 2.93. The summed E-state index contributed by atoms with van der Waals surface area (Å²) in [6.07, 6.45) is 2.80. The second-order valence-corrected chi connectivity index (χ2v) is 4.17. The standard InChI is InChI=1S/C16H13O2/c1-12-6-2-3-7-13(12)14-8-4-5-9-15(14)16-17-10-11-18-16/h2-5,7-11,16H,1H3. The van der Waals surface area contributed by atoms with Crippen LogP contribution in [0.4, 0.5) is 0 Å². The zero-order valence-corrected chi connectivity index (χ0v) is 10.1. The van der Waals surface area contributed by atoms with Gasteiger partial charge >= 0.3 is 0 Å². The highest BCUT2D eigenvalue weighted by atomic mass is 16.7. The molecule has 0 spiro atoms. The lowest BCUT2D eigenvalue weighted by Crippen LogP contribution is -2.00. The quantitative estimate of drug-likeness (QED) is 0.786. The molecule has 0 unspecified atom stereocenters. The van der Waals surface area contributed by atoms with Gasteiger partial charge in [-0.3, -0.25) is 0 Å². The van der Waals surface area contributed by atoms with Crippen molar-refractivity contribution in [3.8, 4) is 11.1 Å². The summed E-state index contributed by atoms with van der Waals surface area (Å²) in [5.41, 5.74) is 4.44. The van der Waals surface area contributed by atoms with Crippen molar-refractivity contribution in [2.45, 2.75) is 13.2 Å². The molecule has 0 fully saturated rings. The largest absolute Gasteiger partial charge is 0.455 e. The minimum Gasteiger partial charge on any atom is -0.455 e. The van der Waals surface area contributed by atoms with Crippen LogP contribution in [0, 0.1) is 13.0 Å². The topological polar surface area (TPSA) is 18.5 Å². The maximum atomic E-state index is 5.43. The number of aryl methyl sites for hydroxylation is 1. The molecule has 2 aromatic carbocycles. The van der Waals surface area contributed by atoms with Crippen molar-refractivity contribution in [2.75, 3.05) is 0 Å². The highest BCUT2D eigenvalue weighted by molar-refractivity contribution is 5.70. The summed E-state index contributed by atoms with van der Waals surface area (Å²) in [5.74, 6) is 0. The van der Waals surface area contributed by atoms with Gasteiger partial charge in [0.1, 0.15) is 12.5 Å². The van der Waals surface area contributed by atoms with Gasteiger partial charge in [0.05, 0.1) is 0 Å². The van der Waals surface area contributed by atoms with Crippen molar-refractivity contribution < 1.29 is 9.47 Å². The zero-order chi connectivity index (χ0) is 12.4. The van der Waals surface area contributed by atoms with Gasteiger partial charge in [0.15, 0.2) is 0 Å². The first-order valence-electron chi connectivity index (χ1n) is 5.89. The Labute approximate surface area is 106 Å². The molecule has 0 saturated heterocycles. The summed E-state index contributed by atoms with van der Waals surface area (Å²) < 4.78 is 10.9. The van der Waals surface area contributed by atoms with Crippen molar-refractivity contribution in [1.82, 2.24) is 0 Å². The summed E-state index contributed by atoms with van der Waals surface area (Å²) >= 11 is 0. The average molecular weight is 237 g/mol. The van der Waals surface area contributed by atoms with Crippen LogP contribution in [0.3, 0.4) is 0 Å². The molecule has 2 nitrogen and oxygen atoms in total. The Morgan fingerprint density at radius 1 is 0.944 bits per heavy atom. The fraction of sp³-hybridized carbons (Fsp3) is 0.125. The van der Waals surface area contributed by atoms with Gasteiger partial charge in [-0.15, -0.1) is 0 Å². The van der Waals surface area contributed by atoms with Crippen LogP contribution in [0.25, 0.3) is 11.1 Å². The normalized spacial score (nSPS) is 14.3. The highest BCUT2D eigenvalue weighted by Crippen LogP contribution is 2.34. The van der Waals surface area contributed by atoms with E-state index >= 15 is 0 Å². The van der Waals surface area contributed by atoms with Gasteiger partial charge < -0.3 is 9.47 Å². The second-order valence-electron chi connectivity index (χ2n) is 4.17. The summed E-state index contributed by atoms with van der Waals surface area (Å²) in [6.45, 7) is 2.06. The van der Waals surface area contributed by atoms with E-state index in [4.69, 9.17) is 9.47 Å². The third-order valence-electron chi connectivity index (χ3n) is 3.03. The number of hydrogen-bond donors (Lipinski definition) is 0. The molecule has 1 radical (unpaired) electrons. The van der Waals surface area contributed by atoms with Crippen LogP contribution in [0.5, 0.6) is 0 Å². The molecule has 0 aliphatic carbocycles.